The van der Waals surface area contributed by atoms with Gasteiger partial charge in [-0.1, -0.05) is 114 Å². The molecule has 3 nitrogen and oxygen atoms in total. The second kappa shape index (κ2) is 12.0. The first-order valence-electron chi connectivity index (χ1n) is 14.1. The number of halogens is 1. The van der Waals surface area contributed by atoms with Gasteiger partial charge in [-0.05, 0) is 86.6 Å². The number of carbonyl (C=O) groups is 2. The number of ketones is 1. The van der Waals surface area contributed by atoms with Gasteiger partial charge in [-0.25, -0.2) is 0 Å². The number of Topliss-reactive ketones (excluding diaryl/α,β-unsaturated/α-hetero) is 1. The van der Waals surface area contributed by atoms with Crippen molar-refractivity contribution in [3.8, 4) is 22.3 Å². The van der Waals surface area contributed by atoms with Gasteiger partial charge in [0.15, 0.2) is 0 Å². The van der Waals surface area contributed by atoms with E-state index in [-0.39, 0.29) is 16.1 Å². The molecule has 2 aliphatic rings. The minimum absolute atomic E-state index is 0.262. The van der Waals surface area contributed by atoms with Crippen LogP contribution < -0.4 is 5.73 Å². The largest absolute Gasteiger partial charge is 0.399 e. The molecule has 2 N–H and O–H groups in total. The molecule has 4 aromatic carbocycles. The summed E-state index contributed by atoms with van der Waals surface area (Å²) in [7, 11) is 0. The molecule has 41 heavy (non-hydrogen) atoms. The lowest BCUT2D eigenvalue weighted by molar-refractivity contribution is -0.125. The molecule has 0 aliphatic heterocycles. The number of benzene rings is 4. The highest BCUT2D eigenvalue weighted by Crippen LogP contribution is 2.38. The average Bonchev–Trinajstić information content (AvgIpc) is 3.45. The van der Waals surface area contributed by atoms with Crippen LogP contribution >= 0.6 is 11.6 Å². The summed E-state index contributed by atoms with van der Waals surface area (Å²) in [6.07, 6.45) is 2.55. The molecular weight excluding hydrogens is 526 g/mol. The number of fused-ring (bicyclic) bond motifs is 6. The SMILES string of the molecule is CC(C)(C)C(=O)Cc1ccc2c(c1)Cc1ccccc1-2.CC(C)(C)C(=O)Cl.Nc1ccc2c(c1)Cc1ccccc1-2. The van der Waals surface area contributed by atoms with Gasteiger partial charge in [0.05, 0.1) is 0 Å². The second-order valence-corrected chi connectivity index (χ2v) is 13.3. The van der Waals surface area contributed by atoms with Crippen LogP contribution in [-0.4, -0.2) is 11.0 Å². The maximum Gasteiger partial charge on any atom is 0.226 e. The number of hydrogen-bond acceptors (Lipinski definition) is 3. The van der Waals surface area contributed by atoms with E-state index in [1.807, 2.05) is 26.8 Å². The first-order valence-corrected chi connectivity index (χ1v) is 14.5. The van der Waals surface area contributed by atoms with Gasteiger partial charge in [0, 0.05) is 22.9 Å². The Kier molecular flexibility index (Phi) is 8.89. The Bertz CT molecular complexity index is 1590. The van der Waals surface area contributed by atoms with Gasteiger partial charge in [-0.15, -0.1) is 0 Å². The topological polar surface area (TPSA) is 60.2 Å². The highest BCUT2D eigenvalue weighted by Gasteiger charge is 2.23. The van der Waals surface area contributed by atoms with Crippen molar-refractivity contribution in [2.75, 3.05) is 5.73 Å². The molecule has 0 radical (unpaired) electrons. The molecule has 4 heteroatoms. The molecule has 0 aromatic heterocycles. The molecule has 4 aromatic rings. The van der Waals surface area contributed by atoms with Crippen LogP contribution in [0.5, 0.6) is 0 Å². The van der Waals surface area contributed by atoms with Gasteiger partial charge < -0.3 is 5.73 Å². The quantitative estimate of drug-likeness (QED) is 0.168. The van der Waals surface area contributed by atoms with Gasteiger partial charge in [-0.3, -0.25) is 9.59 Å². The third-order valence-electron chi connectivity index (χ3n) is 7.47. The van der Waals surface area contributed by atoms with Crippen LogP contribution in [0, 0.1) is 10.8 Å². The van der Waals surface area contributed by atoms with Crippen LogP contribution in [0.4, 0.5) is 5.69 Å². The van der Waals surface area contributed by atoms with E-state index in [1.165, 1.54) is 44.5 Å². The lowest BCUT2D eigenvalue weighted by Gasteiger charge is -2.16. The Morgan fingerprint density at radius 3 is 1.56 bits per heavy atom. The highest BCUT2D eigenvalue weighted by molar-refractivity contribution is 6.64. The minimum Gasteiger partial charge on any atom is -0.399 e. The molecule has 0 atom stereocenters. The highest BCUT2D eigenvalue weighted by atomic mass is 35.5. The molecule has 0 heterocycles. The van der Waals surface area contributed by atoms with Crippen molar-refractivity contribution in [3.63, 3.8) is 0 Å². The fraction of sp³-hybridized carbons (Fsp3) is 0.297. The van der Waals surface area contributed by atoms with Crippen molar-refractivity contribution in [1.29, 1.82) is 0 Å². The average molecular weight is 566 g/mol. The fourth-order valence-corrected chi connectivity index (χ4v) is 4.92. The van der Waals surface area contributed by atoms with Crippen molar-refractivity contribution in [3.05, 3.63) is 113 Å². The van der Waals surface area contributed by atoms with E-state index < -0.39 is 0 Å². The van der Waals surface area contributed by atoms with Crippen LogP contribution in [-0.2, 0) is 28.9 Å². The lowest BCUT2D eigenvalue weighted by Crippen LogP contribution is -2.22. The standard InChI is InChI=1S/C19H20O.C13H11N.C5H9ClO/c1-19(2,3)18(20)11-13-8-9-17-15(10-13)12-14-6-4-5-7-16(14)17;14-11-5-6-13-10(8-11)7-9-3-1-2-4-12(9)13;1-5(2,3)4(6)7/h4-10H,11-12H2,1-3H3;1-6,8H,7,14H2;1-3H3. The summed E-state index contributed by atoms with van der Waals surface area (Å²) >= 11 is 5.11. The maximum atomic E-state index is 12.2. The number of nitrogens with two attached hydrogens (primary N) is 1. The van der Waals surface area contributed by atoms with Crippen LogP contribution in [0.2, 0.25) is 0 Å². The summed E-state index contributed by atoms with van der Waals surface area (Å²) < 4.78 is 0. The zero-order valence-electron chi connectivity index (χ0n) is 25.0. The number of hydrogen-bond donors (Lipinski definition) is 1. The van der Waals surface area contributed by atoms with E-state index in [1.54, 1.807) is 20.8 Å². The van der Waals surface area contributed by atoms with E-state index >= 15 is 0 Å². The number of anilines is 1. The van der Waals surface area contributed by atoms with Gasteiger partial charge in [0.1, 0.15) is 5.78 Å². The van der Waals surface area contributed by atoms with Crippen LogP contribution in [0.15, 0.2) is 84.9 Å². The Morgan fingerprint density at radius 2 is 1.07 bits per heavy atom. The van der Waals surface area contributed by atoms with Gasteiger partial charge in [-0.2, -0.15) is 0 Å². The van der Waals surface area contributed by atoms with E-state index in [9.17, 15) is 9.59 Å². The predicted molar refractivity (Wildman–Crippen MR) is 172 cm³/mol. The fourth-order valence-electron chi connectivity index (χ4n) is 4.92. The Balaban J connectivity index is 0.000000160. The molecular formula is C37H40ClNO2. The molecule has 0 unspecified atom stereocenters. The second-order valence-electron chi connectivity index (χ2n) is 12.9. The van der Waals surface area contributed by atoms with E-state index in [0.717, 1.165) is 24.1 Å². The molecule has 0 bridgehead atoms. The van der Waals surface area contributed by atoms with Crippen LogP contribution in [0.1, 0.15) is 69.4 Å². The summed E-state index contributed by atoms with van der Waals surface area (Å²) in [6, 6.07) is 29.8. The Hall–Kier alpha value is -3.69. The zero-order chi connectivity index (χ0) is 29.9. The number of nitrogen functional groups attached to an aromatic ring is 1. The van der Waals surface area contributed by atoms with Crippen LogP contribution in [0.3, 0.4) is 0 Å². The molecule has 0 spiro atoms. The third-order valence-corrected chi connectivity index (χ3v) is 8.03. The first-order chi connectivity index (χ1) is 19.2. The molecule has 0 fully saturated rings. The zero-order valence-corrected chi connectivity index (χ0v) is 25.7. The maximum absolute atomic E-state index is 12.2. The van der Waals surface area contributed by atoms with Crippen molar-refractivity contribution in [2.45, 2.75) is 60.8 Å². The molecule has 0 saturated heterocycles. The lowest BCUT2D eigenvalue weighted by atomic mass is 9.86. The summed E-state index contributed by atoms with van der Waals surface area (Å²) in [5.74, 6) is 0.299. The third kappa shape index (κ3) is 7.34. The molecule has 0 saturated carbocycles. The van der Waals surface area contributed by atoms with Crippen molar-refractivity contribution < 1.29 is 9.59 Å². The first kappa shape index (κ1) is 30.3. The van der Waals surface area contributed by atoms with E-state index in [2.05, 4.69) is 78.9 Å². The van der Waals surface area contributed by atoms with Crippen molar-refractivity contribution >= 4 is 28.3 Å². The van der Waals surface area contributed by atoms with Gasteiger partial charge >= 0.3 is 0 Å². The van der Waals surface area contributed by atoms with Crippen molar-refractivity contribution in [2.24, 2.45) is 10.8 Å². The molecule has 0 amide bonds. The van der Waals surface area contributed by atoms with Crippen LogP contribution in [0.25, 0.3) is 22.3 Å². The summed E-state index contributed by atoms with van der Waals surface area (Å²) in [4.78, 5) is 22.4. The molecule has 212 valence electrons. The summed E-state index contributed by atoms with van der Waals surface area (Å²) in [5, 5.41) is -0.285. The molecule has 6 rings (SSSR count). The normalized spacial score (nSPS) is 12.5. The van der Waals surface area contributed by atoms with E-state index in [0.29, 0.717) is 12.2 Å². The van der Waals surface area contributed by atoms with Crippen molar-refractivity contribution in [1.82, 2.24) is 0 Å². The summed E-state index contributed by atoms with van der Waals surface area (Å²) in [6.45, 7) is 11.3. The Morgan fingerprint density at radius 1 is 0.634 bits per heavy atom. The Labute approximate surface area is 249 Å². The minimum atomic E-state index is -0.373. The number of rotatable bonds is 2. The van der Waals surface area contributed by atoms with Gasteiger partial charge in [0.2, 0.25) is 5.24 Å². The predicted octanol–water partition coefficient (Wildman–Crippen LogP) is 9.05. The smallest absolute Gasteiger partial charge is 0.226 e. The monoisotopic (exact) mass is 565 g/mol. The molecule has 2 aliphatic carbocycles. The van der Waals surface area contributed by atoms with Gasteiger partial charge in [0.25, 0.3) is 0 Å². The number of carbonyl (C=O) groups excluding carboxylic acids is 2. The summed E-state index contributed by atoms with van der Waals surface area (Å²) in [5.41, 5.74) is 18.0. The van der Waals surface area contributed by atoms with E-state index in [4.69, 9.17) is 17.3 Å².